The van der Waals surface area contributed by atoms with E-state index in [1.54, 1.807) is 29.2 Å². The Kier molecular flexibility index (Phi) is 47.4. The normalized spacial score (nSPS) is 18.9. The van der Waals surface area contributed by atoms with Gasteiger partial charge in [-0.3, -0.25) is 96.8 Å². The van der Waals surface area contributed by atoms with E-state index in [0.29, 0.717) is 64.6 Å². The van der Waals surface area contributed by atoms with Crippen LogP contribution in [0.4, 0.5) is 0 Å². The minimum absolute atomic E-state index is 0.00403. The van der Waals surface area contributed by atoms with E-state index in [1.165, 1.54) is 6.92 Å². The smallest absolute Gasteiger partial charge is 0.243 e. The van der Waals surface area contributed by atoms with E-state index < -0.39 is 174 Å². The Hall–Kier alpha value is -10.7. The summed E-state index contributed by atoms with van der Waals surface area (Å²) < 4.78 is 0. The van der Waals surface area contributed by atoms with Crippen LogP contribution in [-0.4, -0.2) is 299 Å². The molecule has 0 bridgehead atoms. The van der Waals surface area contributed by atoms with Crippen LogP contribution in [0.5, 0.6) is 0 Å². The van der Waals surface area contributed by atoms with Gasteiger partial charge in [-0.25, -0.2) is 0 Å². The van der Waals surface area contributed by atoms with Gasteiger partial charge in [-0.1, -0.05) is 30.3 Å². The zero-order valence-electron chi connectivity index (χ0n) is 69.2. The highest BCUT2D eigenvalue weighted by Crippen LogP contribution is 2.24. The number of hydrogen-bond donors (Lipinski definition) is 25. The first-order chi connectivity index (χ1) is 57.3. The topological polar surface area (TPSA) is 768 Å². The number of guanidine groups is 3. The molecular weight excluding hydrogens is 1560 g/mol. The van der Waals surface area contributed by atoms with Crippen molar-refractivity contribution in [3.63, 3.8) is 0 Å². The lowest BCUT2D eigenvalue weighted by atomic mass is 10.0. The Morgan fingerprint density at radius 1 is 0.375 bits per heavy atom. The van der Waals surface area contributed by atoms with Crippen molar-refractivity contribution < 1.29 is 67.1 Å². The highest BCUT2D eigenvalue weighted by molar-refractivity contribution is 5.97. The number of aliphatic imine (C=N–C) groups is 3. The van der Waals surface area contributed by atoms with Gasteiger partial charge >= 0.3 is 0 Å². The largest absolute Gasteiger partial charge is 0.370 e. The number of nitrogens with one attached hydrogen (secondary N) is 12. The first-order valence-corrected chi connectivity index (χ1v) is 41.3. The predicted molar refractivity (Wildman–Crippen MR) is 450 cm³/mol. The number of primary amides is 2. The predicted octanol–water partition coefficient (Wildman–Crippen LogP) is -10.8. The van der Waals surface area contributed by atoms with Gasteiger partial charge in [0.05, 0.1) is 24.7 Å². The second kappa shape index (κ2) is 55.9. The van der Waals surface area contributed by atoms with Crippen LogP contribution in [0, 0.1) is 0 Å². The number of unbranched alkanes of at least 4 members (excludes halogenated alkanes) is 2. The van der Waals surface area contributed by atoms with Gasteiger partial charge in [0, 0.05) is 110 Å². The Bertz CT molecular complexity index is 3550. The lowest BCUT2D eigenvalue weighted by molar-refractivity contribution is -0.135. The lowest BCUT2D eigenvalue weighted by Gasteiger charge is -2.28. The summed E-state index contributed by atoms with van der Waals surface area (Å²) in [6, 6.07) is -4.73. The highest BCUT2D eigenvalue weighted by Gasteiger charge is 2.43. The van der Waals surface area contributed by atoms with Crippen molar-refractivity contribution in [2.24, 2.45) is 89.5 Å². The van der Waals surface area contributed by atoms with E-state index in [0.717, 1.165) is 5.56 Å². The zero-order chi connectivity index (χ0) is 88.6. The first kappa shape index (κ1) is 102. The maximum absolute atomic E-state index is 14.8. The molecule has 3 fully saturated rings. The van der Waals surface area contributed by atoms with E-state index in [1.807, 2.05) is 15.9 Å². The molecule has 0 aromatic heterocycles. The maximum atomic E-state index is 14.8. The SMILES string of the molecule is CC(=O)N[C@@H](Cc1ccccc1)C(=O)NCC(=O)N[C@H]1C[C@@H](C(=O)N[C@@H](CCCCN)C(=O)N[C@@H](CCCCN)C(=O)N[C@@H](CCCN=C(N)N)C(=O)N[C@H]2C[C@@H](C(=O)N[C@@H](CCC(N)=O)C(=O)N[C@@H](CCCN=C(N)N)C(=O)N[C@@H](CCCN=C(N)N)C(=O)N[C@H]3C[C@@H](C(=O)NCCC(N)=O)N(CCCN)C3)N(CCCN)C2)N(CCCN)C1. The summed E-state index contributed by atoms with van der Waals surface area (Å²) in [4.78, 5) is 211. The molecule has 38 N–H and O–H groups in total. The summed E-state index contributed by atoms with van der Waals surface area (Å²) in [5.74, 6) is -10.0. The van der Waals surface area contributed by atoms with E-state index in [9.17, 15) is 67.1 Å². The van der Waals surface area contributed by atoms with Gasteiger partial charge in [-0.2, -0.15) is 0 Å². The second-order valence-corrected chi connectivity index (χ2v) is 30.3. The fraction of sp³-hybridized carbons (Fsp3) is 0.693. The molecule has 674 valence electrons. The van der Waals surface area contributed by atoms with Crippen LogP contribution in [0.3, 0.4) is 0 Å². The number of nitrogens with zero attached hydrogens (tertiary/aromatic N) is 6. The van der Waals surface area contributed by atoms with Crippen LogP contribution >= 0.6 is 0 Å². The lowest BCUT2D eigenvalue weighted by Crippen LogP contribution is -2.58. The third kappa shape index (κ3) is 39.0. The summed E-state index contributed by atoms with van der Waals surface area (Å²) >= 11 is 0. The highest BCUT2D eigenvalue weighted by atomic mass is 16.2. The van der Waals surface area contributed by atoms with Gasteiger partial charge in [-0.15, -0.1) is 0 Å². The Balaban J connectivity index is 1.58. The van der Waals surface area contributed by atoms with Crippen LogP contribution in [0.2, 0.25) is 0 Å². The van der Waals surface area contributed by atoms with Crippen molar-refractivity contribution in [3.05, 3.63) is 35.9 Å². The van der Waals surface area contributed by atoms with Gasteiger partial charge in [0.15, 0.2) is 17.9 Å². The van der Waals surface area contributed by atoms with E-state index in [2.05, 4.69) is 78.8 Å². The monoisotopic (exact) mass is 1690 g/mol. The Labute approximate surface area is 700 Å². The van der Waals surface area contributed by atoms with Gasteiger partial charge in [0.2, 0.25) is 82.7 Å². The molecule has 0 radical (unpaired) electrons. The minimum Gasteiger partial charge on any atom is -0.370 e. The van der Waals surface area contributed by atoms with Crippen molar-refractivity contribution in [1.82, 2.24) is 78.5 Å². The number of hydrogen-bond acceptors (Lipinski definition) is 25. The molecule has 3 saturated heterocycles. The molecular formula is C75H135N31O14. The van der Waals surface area contributed by atoms with Gasteiger partial charge < -0.3 is 138 Å². The molecule has 45 heteroatoms. The summed E-state index contributed by atoms with van der Waals surface area (Å²) in [5.41, 5.74) is 75.0. The molecule has 120 heavy (non-hydrogen) atoms. The van der Waals surface area contributed by atoms with E-state index >= 15 is 0 Å². The van der Waals surface area contributed by atoms with Crippen molar-refractivity contribution >= 4 is 101 Å². The third-order valence-corrected chi connectivity index (χ3v) is 20.4. The Morgan fingerprint density at radius 3 is 1.09 bits per heavy atom. The van der Waals surface area contributed by atoms with Gasteiger partial charge in [0.25, 0.3) is 0 Å². The van der Waals surface area contributed by atoms with Crippen LogP contribution in [0.25, 0.3) is 0 Å². The molecule has 0 aliphatic carbocycles. The molecule has 3 aliphatic rings. The molecule has 0 saturated carbocycles. The van der Waals surface area contributed by atoms with Crippen molar-refractivity contribution in [2.75, 3.05) is 105 Å². The molecule has 1 aromatic carbocycles. The summed E-state index contributed by atoms with van der Waals surface area (Å²) in [6.07, 6.45) is 2.78. The van der Waals surface area contributed by atoms with E-state index in [-0.39, 0.29) is 186 Å². The van der Waals surface area contributed by atoms with Crippen molar-refractivity contribution in [1.29, 1.82) is 0 Å². The maximum Gasteiger partial charge on any atom is 0.243 e. The van der Waals surface area contributed by atoms with Gasteiger partial charge in [-0.05, 0) is 160 Å². The fourth-order valence-corrected chi connectivity index (χ4v) is 14.4. The van der Waals surface area contributed by atoms with E-state index in [4.69, 9.17) is 74.5 Å². The number of amides is 14. The standard InChI is InChI=1S/C75H135N31O14/c1-45(107)94-56(37-46-15-3-2-4-16-46)63(111)93-41-62(110)95-47-38-58(105(42-47)35-13-28-79)71(119)102-51(18-6-8-26-77)67(115)98-50(17-5-7-25-76)66(114)99-52(19-9-30-90-73(83)84)65(113)97-49-40-59(106(44-49)36-14-29-80)72(120)103-55(22-23-60(81)108)69(117)101-54(21-11-32-92-75(87)88)68(116)100-53(20-10-31-91-74(85)86)64(112)96-48-39-57(104(43-48)34-12-27-78)70(118)89-33-24-61(82)109/h2-4,15-16,47-59H,5-14,17-44,76-80H2,1H3,(H2,81,108)(H2,82,109)(H,89,118)(H,93,111)(H,94,107)(H,95,110)(H,96,112)(H,97,113)(H,98,115)(H,99,114)(H,100,116)(H,101,117)(H,102,119)(H,103,120)(H4,83,84,90)(H4,85,86,91)(H4,87,88,92)/t47-,48-,49-,50-,51-,52-,53-,54-,55-,56-,57-,58-,59-/m0/s1. The number of rotatable bonds is 59. The summed E-state index contributed by atoms with van der Waals surface area (Å²) in [5, 5.41) is 33.5. The molecule has 3 heterocycles. The third-order valence-electron chi connectivity index (χ3n) is 20.4. The molecule has 45 nitrogen and oxygen atoms in total. The molecule has 4 rings (SSSR count). The van der Waals surface area contributed by atoms with Crippen molar-refractivity contribution in [3.8, 4) is 0 Å². The second-order valence-electron chi connectivity index (χ2n) is 30.3. The van der Waals surface area contributed by atoms with Crippen molar-refractivity contribution in [2.45, 2.75) is 227 Å². The quantitative estimate of drug-likeness (QED) is 0.0164. The molecule has 13 atom stereocenters. The number of benzene rings is 1. The average Bonchev–Trinajstić information content (AvgIpc) is 1.69. The number of nitrogens with two attached hydrogens (primary N) is 13. The number of carbonyl (C=O) groups is 14. The number of likely N-dealkylation sites (tertiary alicyclic amines) is 3. The first-order valence-electron chi connectivity index (χ1n) is 41.3. The zero-order valence-corrected chi connectivity index (χ0v) is 69.2. The molecule has 0 spiro atoms. The van der Waals surface area contributed by atoms with Crippen LogP contribution < -0.4 is 138 Å². The Morgan fingerprint density at radius 2 is 0.725 bits per heavy atom. The average molecular weight is 1700 g/mol. The molecule has 1 aromatic rings. The van der Waals surface area contributed by atoms with Crippen LogP contribution in [0.15, 0.2) is 45.3 Å². The minimum atomic E-state index is -1.54. The summed E-state index contributed by atoms with van der Waals surface area (Å²) in [7, 11) is 0. The van der Waals surface area contributed by atoms with Crippen LogP contribution in [-0.2, 0) is 73.5 Å². The van der Waals surface area contributed by atoms with Gasteiger partial charge in [0.1, 0.15) is 42.3 Å². The molecule has 3 aliphatic heterocycles. The number of carbonyl (C=O) groups excluding carboxylic acids is 14. The van der Waals surface area contributed by atoms with Crippen LogP contribution in [0.1, 0.15) is 147 Å². The summed E-state index contributed by atoms with van der Waals surface area (Å²) in [6.45, 7) is 3.63. The molecule has 0 unspecified atom stereocenters. The molecule has 14 amide bonds. The fourth-order valence-electron chi connectivity index (χ4n) is 14.4.